The first-order valence-electron chi connectivity index (χ1n) is 13.6. The number of carbonyl (C=O) groups is 2. The van der Waals surface area contributed by atoms with E-state index in [9.17, 15) is 55.5 Å². The zero-order chi connectivity index (χ0) is 32.2. The zero-order valence-corrected chi connectivity index (χ0v) is 23.6. The second kappa shape index (κ2) is 15.4. The molecule has 15 atom stereocenters. The highest BCUT2D eigenvalue weighted by atomic mass is 16.7. The number of nitrogens with one attached hydrogen (secondary N) is 1. The Kier molecular flexibility index (Phi) is 12.8. The molecule has 0 saturated carbocycles. The Morgan fingerprint density at radius 2 is 1.28 bits per heavy atom. The summed E-state index contributed by atoms with van der Waals surface area (Å²) in [5.41, 5.74) is 0. The van der Waals surface area contributed by atoms with E-state index in [1.807, 2.05) is 0 Å². The largest absolute Gasteiger partial charge is 0.394 e. The summed E-state index contributed by atoms with van der Waals surface area (Å²) in [5, 5.41) is 95.5. The molecule has 0 bridgehead atoms. The van der Waals surface area contributed by atoms with Gasteiger partial charge in [0.1, 0.15) is 73.2 Å². The number of hydrogen-bond donors (Lipinski definition) is 10. The maximum Gasteiger partial charge on any atom is 0.221 e. The minimum absolute atomic E-state index is 0.0377. The molecule has 43 heavy (non-hydrogen) atoms. The molecule has 3 rings (SSSR count). The topological polar surface area (TPSA) is 278 Å². The van der Waals surface area contributed by atoms with Crippen LogP contribution in [-0.4, -0.2) is 181 Å². The van der Waals surface area contributed by atoms with Crippen molar-refractivity contribution >= 4 is 11.8 Å². The van der Waals surface area contributed by atoms with Gasteiger partial charge in [-0.15, -0.1) is 6.58 Å². The molecule has 18 nitrogen and oxygen atoms in total. The molecule has 3 heterocycles. The summed E-state index contributed by atoms with van der Waals surface area (Å²) in [6, 6.07) is -1.31. The van der Waals surface area contributed by atoms with Gasteiger partial charge in [-0.3, -0.25) is 9.59 Å². The van der Waals surface area contributed by atoms with Crippen LogP contribution in [0.25, 0.3) is 0 Å². The number of hydrogen-bond acceptors (Lipinski definition) is 16. The Hall–Kier alpha value is -1.88. The van der Waals surface area contributed by atoms with Crippen molar-refractivity contribution in [3.63, 3.8) is 0 Å². The van der Waals surface area contributed by atoms with E-state index < -0.39 is 124 Å². The second-order valence-corrected chi connectivity index (χ2v) is 10.5. The van der Waals surface area contributed by atoms with Crippen molar-refractivity contribution in [2.75, 3.05) is 26.4 Å². The lowest BCUT2D eigenvalue weighted by molar-refractivity contribution is -0.373. The van der Waals surface area contributed by atoms with E-state index in [4.69, 9.17) is 23.7 Å². The van der Waals surface area contributed by atoms with Gasteiger partial charge in [-0.2, -0.15) is 0 Å². The maximum atomic E-state index is 12.3. The summed E-state index contributed by atoms with van der Waals surface area (Å²) in [7, 11) is 0. The van der Waals surface area contributed by atoms with Crippen molar-refractivity contribution in [3.8, 4) is 0 Å². The molecule has 0 aromatic rings. The van der Waals surface area contributed by atoms with Crippen LogP contribution < -0.4 is 5.32 Å². The molecule has 18 heteroatoms. The number of carbonyl (C=O) groups excluding carboxylic acids is 2. The van der Waals surface area contributed by atoms with E-state index in [1.54, 1.807) is 0 Å². The molecule has 3 saturated heterocycles. The Morgan fingerprint density at radius 1 is 0.744 bits per heavy atom. The van der Waals surface area contributed by atoms with Crippen molar-refractivity contribution in [2.24, 2.45) is 0 Å². The molecule has 2 amide bonds. The first kappa shape index (κ1) is 35.6. The molecule has 0 aliphatic carbocycles. The Labute approximate surface area is 246 Å². The molecular formula is C25H42N2O16. The van der Waals surface area contributed by atoms with Crippen LogP contribution in [0.15, 0.2) is 12.7 Å². The standard InChI is InChI=1S/C25H42N2O16/c1-4-5-27(10(3)32)23-14(26-9(2)31)17(35)21(13(8-30)39-23)42-25-20(38)22(16(34)12(7-29)41-25)43-24-19(37)18(36)15(33)11(6-28)40-24/h4,11-25,28-30,33-38H,1,5-8H2,2-3H3,(H,26,31)/t11-,12-,13-,14-,15+,16+,17-,18+,19-,20-,21-,22+,23-,24-,25+/m1/s1. The highest BCUT2D eigenvalue weighted by Crippen LogP contribution is 2.33. The van der Waals surface area contributed by atoms with Crippen LogP contribution in [0.4, 0.5) is 0 Å². The second-order valence-electron chi connectivity index (χ2n) is 10.5. The van der Waals surface area contributed by atoms with Crippen LogP contribution in [-0.2, 0) is 33.3 Å². The monoisotopic (exact) mass is 626 g/mol. The van der Waals surface area contributed by atoms with Gasteiger partial charge in [-0.1, -0.05) is 6.08 Å². The van der Waals surface area contributed by atoms with Gasteiger partial charge in [-0.25, -0.2) is 0 Å². The Bertz CT molecular complexity index is 943. The van der Waals surface area contributed by atoms with E-state index in [0.717, 1.165) is 11.8 Å². The number of amides is 2. The highest BCUT2D eigenvalue weighted by molar-refractivity contribution is 5.75. The van der Waals surface area contributed by atoms with E-state index in [2.05, 4.69) is 11.9 Å². The quantitative estimate of drug-likeness (QED) is 0.0955. The minimum Gasteiger partial charge on any atom is -0.394 e. The van der Waals surface area contributed by atoms with Crippen LogP contribution in [0.1, 0.15) is 13.8 Å². The fraction of sp³-hybridized carbons (Fsp3) is 0.840. The molecule has 0 radical (unpaired) electrons. The van der Waals surface area contributed by atoms with E-state index >= 15 is 0 Å². The summed E-state index contributed by atoms with van der Waals surface area (Å²) in [6.07, 6.45) is -21.8. The number of ether oxygens (including phenoxy) is 5. The van der Waals surface area contributed by atoms with Gasteiger partial charge in [0.05, 0.1) is 19.8 Å². The van der Waals surface area contributed by atoms with Crippen molar-refractivity contribution in [3.05, 3.63) is 12.7 Å². The van der Waals surface area contributed by atoms with Gasteiger partial charge in [0.25, 0.3) is 0 Å². The Morgan fingerprint density at radius 3 is 1.79 bits per heavy atom. The van der Waals surface area contributed by atoms with Crippen molar-refractivity contribution in [1.29, 1.82) is 0 Å². The fourth-order valence-corrected chi connectivity index (χ4v) is 5.27. The summed E-state index contributed by atoms with van der Waals surface area (Å²) >= 11 is 0. The van der Waals surface area contributed by atoms with E-state index in [-0.39, 0.29) is 6.54 Å². The van der Waals surface area contributed by atoms with E-state index in [0.29, 0.717) is 0 Å². The predicted molar refractivity (Wildman–Crippen MR) is 138 cm³/mol. The third-order valence-corrected chi connectivity index (χ3v) is 7.53. The summed E-state index contributed by atoms with van der Waals surface area (Å²) in [4.78, 5) is 25.5. The number of aliphatic hydroxyl groups is 9. The van der Waals surface area contributed by atoms with Crippen LogP contribution in [0.3, 0.4) is 0 Å². The first-order chi connectivity index (χ1) is 20.3. The molecule has 0 spiro atoms. The first-order valence-corrected chi connectivity index (χ1v) is 13.6. The van der Waals surface area contributed by atoms with Gasteiger partial charge in [-0.05, 0) is 0 Å². The summed E-state index contributed by atoms with van der Waals surface area (Å²) in [5.74, 6) is -1.10. The molecule has 0 aromatic heterocycles. The molecule has 3 aliphatic heterocycles. The number of nitrogens with zero attached hydrogens (tertiary/aromatic N) is 1. The van der Waals surface area contributed by atoms with Crippen LogP contribution in [0, 0.1) is 0 Å². The maximum absolute atomic E-state index is 12.3. The van der Waals surface area contributed by atoms with Gasteiger partial charge in [0.15, 0.2) is 18.8 Å². The molecule has 0 aromatic carbocycles. The van der Waals surface area contributed by atoms with Gasteiger partial charge in [0.2, 0.25) is 11.8 Å². The lowest BCUT2D eigenvalue weighted by Crippen LogP contribution is -2.70. The minimum atomic E-state index is -1.94. The molecular weight excluding hydrogens is 584 g/mol. The molecule has 3 fully saturated rings. The predicted octanol–water partition coefficient (Wildman–Crippen LogP) is -6.39. The van der Waals surface area contributed by atoms with Crippen molar-refractivity contribution in [2.45, 2.75) is 106 Å². The Balaban J connectivity index is 1.87. The highest BCUT2D eigenvalue weighted by Gasteiger charge is 2.54. The summed E-state index contributed by atoms with van der Waals surface area (Å²) in [6.45, 7) is 3.54. The lowest BCUT2D eigenvalue weighted by atomic mass is 9.94. The molecule has 10 N–H and O–H groups in total. The van der Waals surface area contributed by atoms with Gasteiger partial charge >= 0.3 is 0 Å². The van der Waals surface area contributed by atoms with Crippen molar-refractivity contribution in [1.82, 2.24) is 10.2 Å². The third kappa shape index (κ3) is 7.68. The number of rotatable bonds is 11. The van der Waals surface area contributed by atoms with Crippen LogP contribution in [0.2, 0.25) is 0 Å². The zero-order valence-electron chi connectivity index (χ0n) is 23.6. The molecule has 0 unspecified atom stereocenters. The average Bonchev–Trinajstić information content (AvgIpc) is 2.97. The SMILES string of the molecule is C=CCN(C(C)=O)[C@@H]1O[C@H](CO)[C@@H](O[C@@H]2O[C@H](CO)[C@H](O)[C@H](O[C@H]3O[C@H](CO)[C@H](O)[C@H](O)[C@H]3O)[C@H]2O)[C@H](O)[C@H]1NC(C)=O. The summed E-state index contributed by atoms with van der Waals surface area (Å²) < 4.78 is 28.0. The molecule has 3 aliphatic rings. The fourth-order valence-electron chi connectivity index (χ4n) is 5.27. The smallest absolute Gasteiger partial charge is 0.221 e. The van der Waals surface area contributed by atoms with Gasteiger partial charge in [0, 0.05) is 20.4 Å². The lowest BCUT2D eigenvalue weighted by Gasteiger charge is -2.50. The average molecular weight is 627 g/mol. The van der Waals surface area contributed by atoms with E-state index in [1.165, 1.54) is 13.0 Å². The normalized spacial score (nSPS) is 43.6. The van der Waals surface area contributed by atoms with Gasteiger partial charge < -0.3 is 79.9 Å². The van der Waals surface area contributed by atoms with Crippen molar-refractivity contribution < 1.29 is 79.2 Å². The number of aliphatic hydroxyl groups excluding tert-OH is 9. The third-order valence-electron chi connectivity index (χ3n) is 7.53. The van der Waals surface area contributed by atoms with Crippen LogP contribution >= 0.6 is 0 Å². The molecule has 248 valence electrons. The van der Waals surface area contributed by atoms with Crippen LogP contribution in [0.5, 0.6) is 0 Å².